The standard InChI is InChI=1S/C37H60N2O/c1-7-24(3)10-9-11-25(4)29-15-16-30-28-14-17-33-36(6,31(28)18-20-35(29,30)5)21-19-34(40)37(33,8-2)23-26-12-13-27(38)22-32(26)39/h10,12-13,22,25,28-31,33-34,40H,7-9,11,14-21,23,38-39H2,1-6H3/b24-10-. The Morgan fingerprint density at radius 3 is 2.42 bits per heavy atom. The minimum Gasteiger partial charge on any atom is -0.399 e. The Morgan fingerprint density at radius 2 is 1.73 bits per heavy atom. The highest BCUT2D eigenvalue weighted by atomic mass is 16.3. The molecule has 5 N–H and O–H groups in total. The van der Waals surface area contributed by atoms with Crippen LogP contribution in [0.1, 0.15) is 124 Å². The molecule has 4 fully saturated rings. The van der Waals surface area contributed by atoms with Crippen LogP contribution in [0.2, 0.25) is 0 Å². The summed E-state index contributed by atoms with van der Waals surface area (Å²) in [6, 6.07) is 6.02. The molecule has 0 bridgehead atoms. The van der Waals surface area contributed by atoms with Gasteiger partial charge in [-0.25, -0.2) is 0 Å². The third kappa shape index (κ3) is 4.84. The van der Waals surface area contributed by atoms with Crippen LogP contribution in [0, 0.1) is 51.8 Å². The number of rotatable bonds is 8. The predicted molar refractivity (Wildman–Crippen MR) is 171 cm³/mol. The summed E-state index contributed by atoms with van der Waals surface area (Å²) < 4.78 is 0. The molecule has 224 valence electrons. The molecule has 3 nitrogen and oxygen atoms in total. The molecular weight excluding hydrogens is 488 g/mol. The van der Waals surface area contributed by atoms with E-state index < -0.39 is 0 Å². The van der Waals surface area contributed by atoms with Crippen LogP contribution >= 0.6 is 0 Å². The monoisotopic (exact) mass is 548 g/mol. The number of aliphatic hydroxyl groups excluding tert-OH is 1. The van der Waals surface area contributed by atoms with E-state index >= 15 is 0 Å². The summed E-state index contributed by atoms with van der Waals surface area (Å²) in [4.78, 5) is 0. The van der Waals surface area contributed by atoms with Crippen molar-refractivity contribution >= 4 is 11.4 Å². The third-order valence-corrected chi connectivity index (χ3v) is 14.0. The van der Waals surface area contributed by atoms with Crippen LogP contribution in [0.5, 0.6) is 0 Å². The van der Waals surface area contributed by atoms with Crippen molar-refractivity contribution in [2.24, 2.45) is 51.8 Å². The number of nitrogen functional groups attached to an aromatic ring is 2. The minimum atomic E-state index is -0.250. The number of hydrogen-bond donors (Lipinski definition) is 3. The molecule has 0 spiro atoms. The quantitative estimate of drug-likeness (QED) is 0.224. The summed E-state index contributed by atoms with van der Waals surface area (Å²) in [5.41, 5.74) is 17.5. The molecule has 0 radical (unpaired) electrons. The van der Waals surface area contributed by atoms with Gasteiger partial charge in [-0.1, -0.05) is 52.3 Å². The zero-order valence-corrected chi connectivity index (χ0v) is 26.6. The first kappa shape index (κ1) is 30.0. The lowest BCUT2D eigenvalue weighted by molar-refractivity contribution is -0.191. The van der Waals surface area contributed by atoms with Gasteiger partial charge in [-0.15, -0.1) is 0 Å². The summed E-state index contributed by atoms with van der Waals surface area (Å²) in [7, 11) is 0. The van der Waals surface area contributed by atoms with Crippen molar-refractivity contribution in [2.45, 2.75) is 131 Å². The summed E-state index contributed by atoms with van der Waals surface area (Å²) >= 11 is 0. The molecule has 1 aromatic rings. The van der Waals surface area contributed by atoms with Gasteiger partial charge in [-0.05, 0) is 154 Å². The molecule has 5 rings (SSSR count). The van der Waals surface area contributed by atoms with Gasteiger partial charge < -0.3 is 16.6 Å². The summed E-state index contributed by atoms with van der Waals surface area (Å²) in [5.74, 6) is 4.82. The van der Waals surface area contributed by atoms with Gasteiger partial charge in [0.1, 0.15) is 0 Å². The molecule has 0 saturated heterocycles. The molecule has 4 aliphatic carbocycles. The normalized spacial score (nSPS) is 42.1. The Bertz CT molecular complexity index is 1080. The molecule has 40 heavy (non-hydrogen) atoms. The maximum Gasteiger partial charge on any atom is 0.0602 e. The molecule has 0 aromatic heterocycles. The molecule has 0 amide bonds. The van der Waals surface area contributed by atoms with Crippen LogP contribution in [0.15, 0.2) is 29.8 Å². The van der Waals surface area contributed by atoms with Gasteiger partial charge >= 0.3 is 0 Å². The van der Waals surface area contributed by atoms with Crippen LogP contribution in [-0.2, 0) is 6.42 Å². The highest BCUT2D eigenvalue weighted by Crippen LogP contribution is 2.71. The number of benzene rings is 1. The molecule has 10 atom stereocenters. The maximum absolute atomic E-state index is 11.7. The van der Waals surface area contributed by atoms with Crippen LogP contribution < -0.4 is 11.5 Å². The second-order valence-corrected chi connectivity index (χ2v) is 15.5. The van der Waals surface area contributed by atoms with Crippen LogP contribution in [0.3, 0.4) is 0 Å². The lowest BCUT2D eigenvalue weighted by Crippen LogP contribution is -2.61. The highest BCUT2D eigenvalue weighted by Gasteiger charge is 2.64. The van der Waals surface area contributed by atoms with Crippen molar-refractivity contribution in [2.75, 3.05) is 11.5 Å². The van der Waals surface area contributed by atoms with Crippen molar-refractivity contribution < 1.29 is 5.11 Å². The van der Waals surface area contributed by atoms with E-state index in [1.54, 1.807) is 5.57 Å². The van der Waals surface area contributed by atoms with Crippen LogP contribution in [0.25, 0.3) is 0 Å². The van der Waals surface area contributed by atoms with E-state index in [9.17, 15) is 5.11 Å². The average Bonchev–Trinajstić information content (AvgIpc) is 3.29. The molecule has 10 unspecified atom stereocenters. The smallest absolute Gasteiger partial charge is 0.0602 e. The van der Waals surface area contributed by atoms with Crippen molar-refractivity contribution in [3.8, 4) is 0 Å². The third-order valence-electron chi connectivity index (χ3n) is 14.0. The van der Waals surface area contributed by atoms with Crippen LogP contribution in [-0.4, -0.2) is 11.2 Å². The highest BCUT2D eigenvalue weighted by molar-refractivity contribution is 5.57. The van der Waals surface area contributed by atoms with Gasteiger partial charge in [0.05, 0.1) is 6.10 Å². The lowest BCUT2D eigenvalue weighted by Gasteiger charge is -2.66. The van der Waals surface area contributed by atoms with Crippen molar-refractivity contribution in [1.82, 2.24) is 0 Å². The molecule has 3 heteroatoms. The minimum absolute atomic E-state index is 0.0974. The van der Waals surface area contributed by atoms with Gasteiger partial charge in [0.25, 0.3) is 0 Å². The number of nitrogens with two attached hydrogens (primary N) is 2. The van der Waals surface area contributed by atoms with E-state index in [4.69, 9.17) is 11.5 Å². The number of allylic oxidation sites excluding steroid dienone is 2. The Morgan fingerprint density at radius 1 is 1.00 bits per heavy atom. The first-order chi connectivity index (χ1) is 19.0. The fraction of sp³-hybridized carbons (Fsp3) is 0.784. The van der Waals surface area contributed by atoms with E-state index in [-0.39, 0.29) is 11.5 Å². The van der Waals surface area contributed by atoms with Gasteiger partial charge in [0, 0.05) is 16.8 Å². The molecule has 1 aromatic carbocycles. The Kier molecular flexibility index (Phi) is 8.48. The van der Waals surface area contributed by atoms with E-state index in [0.717, 1.165) is 60.2 Å². The molecule has 4 saturated carbocycles. The number of aliphatic hydroxyl groups is 1. The summed E-state index contributed by atoms with van der Waals surface area (Å²) in [6.07, 6.45) is 18.4. The Hall–Kier alpha value is -1.48. The Balaban J connectivity index is 1.37. The summed E-state index contributed by atoms with van der Waals surface area (Å²) in [5, 5.41) is 11.7. The molecular formula is C37H60N2O. The first-order valence-electron chi connectivity index (χ1n) is 17.0. The maximum atomic E-state index is 11.7. The second-order valence-electron chi connectivity index (χ2n) is 15.5. The fourth-order valence-corrected chi connectivity index (χ4v) is 11.6. The first-order valence-corrected chi connectivity index (χ1v) is 17.0. The summed E-state index contributed by atoms with van der Waals surface area (Å²) in [6.45, 7) is 14.8. The lowest BCUT2D eigenvalue weighted by atomic mass is 9.39. The van der Waals surface area contributed by atoms with Crippen molar-refractivity contribution in [3.05, 3.63) is 35.4 Å². The second kappa shape index (κ2) is 11.3. The Labute approximate surface area is 246 Å². The molecule has 4 aliphatic rings. The number of anilines is 2. The SMILES string of the molecule is CC/C(C)=C\CCC(C)C1CCC2C3CCC4C(C)(CCC(O)C4(CC)Cc4ccc(N)cc4N)C3CCC12C. The predicted octanol–water partition coefficient (Wildman–Crippen LogP) is 9.19. The number of fused-ring (bicyclic) bond motifs is 5. The van der Waals surface area contributed by atoms with Crippen molar-refractivity contribution in [1.29, 1.82) is 0 Å². The van der Waals surface area contributed by atoms with Gasteiger partial charge in [0.2, 0.25) is 0 Å². The zero-order valence-electron chi connectivity index (χ0n) is 26.6. The van der Waals surface area contributed by atoms with E-state index in [1.807, 2.05) is 12.1 Å². The van der Waals surface area contributed by atoms with E-state index in [2.05, 4.69) is 53.7 Å². The van der Waals surface area contributed by atoms with Gasteiger partial charge in [-0.2, -0.15) is 0 Å². The molecule has 0 heterocycles. The van der Waals surface area contributed by atoms with Gasteiger partial charge in [-0.3, -0.25) is 0 Å². The largest absolute Gasteiger partial charge is 0.399 e. The average molecular weight is 549 g/mol. The molecule has 0 aliphatic heterocycles. The number of hydrogen-bond acceptors (Lipinski definition) is 3. The topological polar surface area (TPSA) is 72.3 Å². The zero-order chi connectivity index (χ0) is 28.9. The van der Waals surface area contributed by atoms with E-state index in [0.29, 0.717) is 16.7 Å². The fourth-order valence-electron chi connectivity index (χ4n) is 11.6. The van der Waals surface area contributed by atoms with Gasteiger partial charge in [0.15, 0.2) is 0 Å². The van der Waals surface area contributed by atoms with E-state index in [1.165, 1.54) is 69.8 Å². The van der Waals surface area contributed by atoms with Crippen LogP contribution in [0.4, 0.5) is 11.4 Å². The van der Waals surface area contributed by atoms with Crippen molar-refractivity contribution in [3.63, 3.8) is 0 Å².